The molecule has 0 fully saturated rings. The van der Waals surface area contributed by atoms with Crippen LogP contribution in [0, 0.1) is 11.3 Å². The number of carboxylic acids is 1. The van der Waals surface area contributed by atoms with Crippen molar-refractivity contribution in [3.05, 3.63) is 65.4 Å². The second kappa shape index (κ2) is 5.62. The van der Waals surface area contributed by atoms with E-state index in [1.165, 1.54) is 0 Å². The SMILES string of the molecule is N#Cc1cccc(COc2ccc3[nH]c(C(=O)O)cc3c2)c1. The Bertz CT molecular complexity index is 890. The molecule has 0 amide bonds. The second-order valence-electron chi connectivity index (χ2n) is 4.84. The molecule has 0 radical (unpaired) electrons. The van der Waals surface area contributed by atoms with E-state index in [-0.39, 0.29) is 5.69 Å². The third-order valence-corrected chi connectivity index (χ3v) is 3.28. The topological polar surface area (TPSA) is 86.1 Å². The first kappa shape index (κ1) is 13.7. The molecule has 108 valence electrons. The normalized spacial score (nSPS) is 10.3. The van der Waals surface area contributed by atoms with Crippen molar-refractivity contribution in [1.29, 1.82) is 5.26 Å². The van der Waals surface area contributed by atoms with Gasteiger partial charge in [0.2, 0.25) is 0 Å². The van der Waals surface area contributed by atoms with E-state index in [9.17, 15) is 4.79 Å². The average molecular weight is 292 g/mol. The molecule has 5 nitrogen and oxygen atoms in total. The van der Waals surface area contributed by atoms with Gasteiger partial charge in [0.1, 0.15) is 18.1 Å². The first-order valence-corrected chi connectivity index (χ1v) is 6.63. The summed E-state index contributed by atoms with van der Waals surface area (Å²) in [4.78, 5) is 13.8. The first-order valence-electron chi connectivity index (χ1n) is 6.63. The van der Waals surface area contributed by atoms with Crippen molar-refractivity contribution in [2.24, 2.45) is 0 Å². The van der Waals surface area contributed by atoms with Crippen LogP contribution in [0.3, 0.4) is 0 Å². The lowest BCUT2D eigenvalue weighted by molar-refractivity contribution is 0.0691. The number of aromatic carboxylic acids is 1. The van der Waals surface area contributed by atoms with Gasteiger partial charge in [-0.2, -0.15) is 5.26 Å². The van der Waals surface area contributed by atoms with Crippen LogP contribution in [0.25, 0.3) is 10.9 Å². The Morgan fingerprint density at radius 1 is 1.23 bits per heavy atom. The fraction of sp³-hybridized carbons (Fsp3) is 0.0588. The summed E-state index contributed by atoms with van der Waals surface area (Å²) in [7, 11) is 0. The van der Waals surface area contributed by atoms with Crippen LogP contribution in [0.1, 0.15) is 21.6 Å². The highest BCUT2D eigenvalue weighted by Gasteiger charge is 2.08. The molecule has 0 saturated heterocycles. The lowest BCUT2D eigenvalue weighted by Gasteiger charge is -2.06. The summed E-state index contributed by atoms with van der Waals surface area (Å²) in [6.07, 6.45) is 0. The van der Waals surface area contributed by atoms with E-state index >= 15 is 0 Å². The Morgan fingerprint density at radius 3 is 2.86 bits per heavy atom. The maximum Gasteiger partial charge on any atom is 0.352 e. The number of hydrogen-bond acceptors (Lipinski definition) is 3. The van der Waals surface area contributed by atoms with Gasteiger partial charge in [0.25, 0.3) is 0 Å². The van der Waals surface area contributed by atoms with Gasteiger partial charge in [0.15, 0.2) is 0 Å². The summed E-state index contributed by atoms with van der Waals surface area (Å²) in [6.45, 7) is 0.344. The van der Waals surface area contributed by atoms with Crippen molar-refractivity contribution in [2.75, 3.05) is 0 Å². The van der Waals surface area contributed by atoms with Crippen LogP contribution in [0.2, 0.25) is 0 Å². The summed E-state index contributed by atoms with van der Waals surface area (Å²) < 4.78 is 5.70. The van der Waals surface area contributed by atoms with Crippen molar-refractivity contribution in [1.82, 2.24) is 4.98 Å². The second-order valence-corrected chi connectivity index (χ2v) is 4.84. The third-order valence-electron chi connectivity index (χ3n) is 3.28. The first-order chi connectivity index (χ1) is 10.7. The number of aromatic nitrogens is 1. The lowest BCUT2D eigenvalue weighted by Crippen LogP contribution is -1.95. The molecule has 3 rings (SSSR count). The number of nitriles is 1. The fourth-order valence-electron chi connectivity index (χ4n) is 2.21. The molecule has 0 aliphatic carbocycles. The Balaban J connectivity index is 1.79. The van der Waals surface area contributed by atoms with Crippen LogP contribution in [-0.2, 0) is 6.61 Å². The molecule has 2 aromatic carbocycles. The predicted molar refractivity (Wildman–Crippen MR) is 80.7 cm³/mol. The van der Waals surface area contributed by atoms with E-state index in [0.29, 0.717) is 17.9 Å². The highest BCUT2D eigenvalue weighted by molar-refractivity contribution is 5.94. The minimum atomic E-state index is -0.994. The van der Waals surface area contributed by atoms with Crippen molar-refractivity contribution in [3.8, 4) is 11.8 Å². The third kappa shape index (κ3) is 2.76. The number of ether oxygens (including phenoxy) is 1. The van der Waals surface area contributed by atoms with Crippen LogP contribution in [0.4, 0.5) is 0 Å². The lowest BCUT2D eigenvalue weighted by atomic mass is 10.1. The number of carboxylic acid groups (broad SMARTS) is 1. The summed E-state index contributed by atoms with van der Waals surface area (Å²) in [5.74, 6) is -0.349. The number of carbonyl (C=O) groups is 1. The summed E-state index contributed by atoms with van der Waals surface area (Å²) >= 11 is 0. The van der Waals surface area contributed by atoms with Crippen molar-refractivity contribution in [2.45, 2.75) is 6.61 Å². The van der Waals surface area contributed by atoms with Crippen LogP contribution >= 0.6 is 0 Å². The van der Waals surface area contributed by atoms with Crippen LogP contribution in [0.5, 0.6) is 5.75 Å². The van der Waals surface area contributed by atoms with E-state index in [2.05, 4.69) is 11.1 Å². The van der Waals surface area contributed by atoms with Crippen LogP contribution in [0.15, 0.2) is 48.5 Å². The largest absolute Gasteiger partial charge is 0.489 e. The molecule has 1 heterocycles. The molecule has 0 atom stereocenters. The van der Waals surface area contributed by atoms with E-state index in [4.69, 9.17) is 15.1 Å². The molecule has 22 heavy (non-hydrogen) atoms. The van der Waals surface area contributed by atoms with E-state index in [1.54, 1.807) is 36.4 Å². The maximum absolute atomic E-state index is 10.9. The molecule has 2 N–H and O–H groups in total. The molecular weight excluding hydrogens is 280 g/mol. The van der Waals surface area contributed by atoms with Crippen LogP contribution in [-0.4, -0.2) is 16.1 Å². The standard InChI is InChI=1S/C17H12N2O3/c18-9-11-2-1-3-12(6-11)10-22-14-4-5-15-13(7-14)8-16(19-15)17(20)21/h1-8,19H,10H2,(H,20,21). The molecule has 0 aliphatic rings. The fourth-order valence-corrected chi connectivity index (χ4v) is 2.21. The molecule has 0 unspecified atom stereocenters. The number of aromatic amines is 1. The zero-order valence-electron chi connectivity index (χ0n) is 11.5. The van der Waals surface area contributed by atoms with Gasteiger partial charge in [-0.25, -0.2) is 4.79 Å². The van der Waals surface area contributed by atoms with Gasteiger partial charge in [0.05, 0.1) is 11.6 Å². The van der Waals surface area contributed by atoms with Crippen molar-refractivity contribution >= 4 is 16.9 Å². The maximum atomic E-state index is 10.9. The zero-order chi connectivity index (χ0) is 15.5. The number of H-pyrrole nitrogens is 1. The number of fused-ring (bicyclic) bond motifs is 1. The van der Waals surface area contributed by atoms with E-state index in [1.807, 2.05) is 12.1 Å². The molecule has 0 saturated carbocycles. The quantitative estimate of drug-likeness (QED) is 0.772. The summed E-state index contributed by atoms with van der Waals surface area (Å²) in [5.41, 5.74) is 2.39. The monoisotopic (exact) mass is 292 g/mol. The van der Waals surface area contributed by atoms with Gasteiger partial charge in [-0.05, 0) is 42.0 Å². The number of benzene rings is 2. The van der Waals surface area contributed by atoms with Gasteiger partial charge < -0.3 is 14.8 Å². The smallest absolute Gasteiger partial charge is 0.352 e. The molecule has 0 aliphatic heterocycles. The Kier molecular flexibility index (Phi) is 3.50. The van der Waals surface area contributed by atoms with Gasteiger partial charge in [0, 0.05) is 10.9 Å². The molecule has 1 aromatic heterocycles. The van der Waals surface area contributed by atoms with Gasteiger partial charge in [-0.1, -0.05) is 12.1 Å². The predicted octanol–water partition coefficient (Wildman–Crippen LogP) is 3.32. The Labute approximate surface area is 126 Å². The van der Waals surface area contributed by atoms with Crippen molar-refractivity contribution < 1.29 is 14.6 Å². The number of nitrogens with one attached hydrogen (secondary N) is 1. The van der Waals surface area contributed by atoms with Gasteiger partial charge in [-0.3, -0.25) is 0 Å². The van der Waals surface area contributed by atoms with Crippen LogP contribution < -0.4 is 4.74 Å². The number of hydrogen-bond donors (Lipinski definition) is 2. The molecule has 0 spiro atoms. The van der Waals surface area contributed by atoms with Crippen molar-refractivity contribution in [3.63, 3.8) is 0 Å². The zero-order valence-corrected chi connectivity index (χ0v) is 11.5. The minimum Gasteiger partial charge on any atom is -0.489 e. The highest BCUT2D eigenvalue weighted by Crippen LogP contribution is 2.22. The summed E-state index contributed by atoms with van der Waals surface area (Å²) in [5, 5.41) is 18.6. The molecule has 5 heteroatoms. The van der Waals surface area contributed by atoms with Gasteiger partial charge >= 0.3 is 5.97 Å². The number of nitrogens with zero attached hydrogens (tertiary/aromatic N) is 1. The Hall–Kier alpha value is -3.26. The van der Waals surface area contributed by atoms with Gasteiger partial charge in [-0.15, -0.1) is 0 Å². The Morgan fingerprint density at radius 2 is 2.09 bits per heavy atom. The molecule has 0 bridgehead atoms. The summed E-state index contributed by atoms with van der Waals surface area (Å²) in [6, 6.07) is 16.2. The highest BCUT2D eigenvalue weighted by atomic mass is 16.5. The minimum absolute atomic E-state index is 0.147. The average Bonchev–Trinajstić information content (AvgIpc) is 2.96. The number of rotatable bonds is 4. The van der Waals surface area contributed by atoms with E-state index < -0.39 is 5.97 Å². The molecule has 3 aromatic rings. The van der Waals surface area contributed by atoms with E-state index in [0.717, 1.165) is 16.5 Å². The molecular formula is C17H12N2O3.